The SMILES string of the molecule is C[C@@H]1CCCN(c2cc(Sc3ncccn3)nc(NC(=S)NCC3(c4ccc(Cl)cc4)CCCC3)n2)C1. The van der Waals surface area contributed by atoms with Gasteiger partial charge < -0.3 is 15.5 Å². The van der Waals surface area contributed by atoms with Crippen molar-refractivity contribution in [3.63, 3.8) is 0 Å². The van der Waals surface area contributed by atoms with Crippen molar-refractivity contribution in [3.05, 3.63) is 59.4 Å². The van der Waals surface area contributed by atoms with Crippen molar-refractivity contribution in [1.29, 1.82) is 0 Å². The van der Waals surface area contributed by atoms with Gasteiger partial charge in [-0.1, -0.05) is 43.5 Å². The summed E-state index contributed by atoms with van der Waals surface area (Å²) < 4.78 is 0. The zero-order valence-corrected chi connectivity index (χ0v) is 23.4. The van der Waals surface area contributed by atoms with Crippen LogP contribution in [0.15, 0.2) is 59.0 Å². The van der Waals surface area contributed by atoms with Crippen LogP contribution in [-0.4, -0.2) is 44.7 Å². The number of piperidine rings is 1. The Morgan fingerprint density at radius 3 is 2.62 bits per heavy atom. The Morgan fingerprint density at radius 1 is 1.14 bits per heavy atom. The Labute approximate surface area is 233 Å². The Morgan fingerprint density at radius 2 is 1.89 bits per heavy atom. The van der Waals surface area contributed by atoms with Gasteiger partial charge in [-0.2, -0.15) is 4.98 Å². The van der Waals surface area contributed by atoms with E-state index in [1.165, 1.54) is 36.6 Å². The van der Waals surface area contributed by atoms with Crippen LogP contribution in [0.1, 0.15) is 51.0 Å². The number of benzene rings is 1. The van der Waals surface area contributed by atoms with Crippen molar-refractivity contribution in [3.8, 4) is 0 Å². The highest BCUT2D eigenvalue weighted by Crippen LogP contribution is 2.41. The van der Waals surface area contributed by atoms with Gasteiger partial charge in [0.2, 0.25) is 5.95 Å². The van der Waals surface area contributed by atoms with Gasteiger partial charge in [-0.15, -0.1) is 0 Å². The minimum Gasteiger partial charge on any atom is -0.361 e. The number of anilines is 2. The molecule has 0 amide bonds. The molecule has 0 bridgehead atoms. The van der Waals surface area contributed by atoms with Gasteiger partial charge in [0.05, 0.1) is 0 Å². The maximum absolute atomic E-state index is 6.15. The fraction of sp³-hybridized carbons (Fsp3) is 0.444. The molecular weight excluding hydrogens is 522 g/mol. The molecule has 2 aromatic heterocycles. The molecule has 0 radical (unpaired) electrons. The summed E-state index contributed by atoms with van der Waals surface area (Å²) in [4.78, 5) is 20.6. The maximum Gasteiger partial charge on any atom is 0.232 e. The molecule has 5 rings (SSSR count). The number of aromatic nitrogens is 4. The lowest BCUT2D eigenvalue weighted by molar-refractivity contribution is 0.435. The lowest BCUT2D eigenvalue weighted by Crippen LogP contribution is -2.41. The fourth-order valence-corrected chi connectivity index (χ4v) is 6.33. The summed E-state index contributed by atoms with van der Waals surface area (Å²) in [6.07, 6.45) is 10.6. The third kappa shape index (κ3) is 6.69. The van der Waals surface area contributed by atoms with Crippen LogP contribution in [0.25, 0.3) is 0 Å². The summed E-state index contributed by atoms with van der Waals surface area (Å²) in [5, 5.41) is 9.44. The van der Waals surface area contributed by atoms with Crippen molar-refractivity contribution < 1.29 is 0 Å². The number of thiocarbonyl (C=S) groups is 1. The first-order valence-electron chi connectivity index (χ1n) is 12.9. The summed E-state index contributed by atoms with van der Waals surface area (Å²) in [7, 11) is 0. The molecule has 2 aliphatic rings. The molecule has 7 nitrogen and oxygen atoms in total. The standard InChI is InChI=1S/C27H32ClN7S2/c1-19-6-4-15-35(17-19)22-16-23(37-26-29-13-5-14-30-26)33-24(32-22)34-25(36)31-18-27(11-2-3-12-27)20-7-9-21(28)10-8-20/h5,7-10,13-14,16,19H,2-4,6,11-12,15,17-18H2,1H3,(H2,31,32,33,34,36)/t19-/m1/s1. The lowest BCUT2D eigenvalue weighted by atomic mass is 9.79. The number of halogens is 1. The highest BCUT2D eigenvalue weighted by Gasteiger charge is 2.35. The third-order valence-corrected chi connectivity index (χ3v) is 8.55. The number of rotatable bonds is 7. The normalized spacial score (nSPS) is 19.0. The molecule has 37 heavy (non-hydrogen) atoms. The Balaban J connectivity index is 1.32. The van der Waals surface area contributed by atoms with Gasteiger partial charge in [0.15, 0.2) is 10.3 Å². The predicted molar refractivity (Wildman–Crippen MR) is 155 cm³/mol. The minimum absolute atomic E-state index is 0.0502. The van der Waals surface area contributed by atoms with E-state index in [4.69, 9.17) is 33.8 Å². The first kappa shape index (κ1) is 26.1. The molecule has 3 aromatic rings. The van der Waals surface area contributed by atoms with Crippen molar-refractivity contribution in [2.75, 3.05) is 29.9 Å². The summed E-state index contributed by atoms with van der Waals surface area (Å²) in [6.45, 7) is 5.01. The highest BCUT2D eigenvalue weighted by molar-refractivity contribution is 7.99. The van der Waals surface area contributed by atoms with E-state index in [9.17, 15) is 0 Å². The van der Waals surface area contributed by atoms with Crippen LogP contribution in [0.2, 0.25) is 5.02 Å². The van der Waals surface area contributed by atoms with Crippen LogP contribution in [0.4, 0.5) is 11.8 Å². The molecule has 194 valence electrons. The van der Waals surface area contributed by atoms with Gasteiger partial charge in [-0.25, -0.2) is 15.0 Å². The van der Waals surface area contributed by atoms with Gasteiger partial charge in [-0.05, 0) is 79.3 Å². The van der Waals surface area contributed by atoms with Gasteiger partial charge in [0, 0.05) is 48.5 Å². The van der Waals surface area contributed by atoms with Gasteiger partial charge in [0.1, 0.15) is 10.8 Å². The van der Waals surface area contributed by atoms with Gasteiger partial charge >= 0.3 is 0 Å². The summed E-state index contributed by atoms with van der Waals surface area (Å²) in [5.74, 6) is 2.02. The largest absolute Gasteiger partial charge is 0.361 e. The van der Waals surface area contributed by atoms with Crippen LogP contribution in [0, 0.1) is 5.92 Å². The second-order valence-electron chi connectivity index (χ2n) is 10.0. The zero-order valence-electron chi connectivity index (χ0n) is 21.0. The monoisotopic (exact) mass is 553 g/mol. The lowest BCUT2D eigenvalue weighted by Gasteiger charge is -2.32. The van der Waals surface area contributed by atoms with Gasteiger partial charge in [0.25, 0.3) is 0 Å². The number of nitrogens with zero attached hydrogens (tertiary/aromatic N) is 5. The maximum atomic E-state index is 6.15. The topological polar surface area (TPSA) is 78.9 Å². The Kier molecular flexibility index (Phi) is 8.42. The van der Waals surface area contributed by atoms with E-state index in [1.54, 1.807) is 12.4 Å². The van der Waals surface area contributed by atoms with Crippen LogP contribution < -0.4 is 15.5 Å². The summed E-state index contributed by atoms with van der Waals surface area (Å²) in [5.41, 5.74) is 1.36. The highest BCUT2D eigenvalue weighted by atomic mass is 35.5. The van der Waals surface area contributed by atoms with Crippen molar-refractivity contribution in [2.45, 2.75) is 61.0 Å². The third-order valence-electron chi connectivity index (χ3n) is 7.24. The van der Waals surface area contributed by atoms with Crippen molar-refractivity contribution >= 4 is 52.5 Å². The van der Waals surface area contributed by atoms with Crippen LogP contribution >= 0.6 is 35.6 Å². The summed E-state index contributed by atoms with van der Waals surface area (Å²) >= 11 is 13.3. The van der Waals surface area contributed by atoms with E-state index in [2.05, 4.69) is 44.6 Å². The van der Waals surface area contributed by atoms with Crippen LogP contribution in [0.3, 0.4) is 0 Å². The molecule has 2 N–H and O–H groups in total. The van der Waals surface area contributed by atoms with Crippen LogP contribution in [0.5, 0.6) is 0 Å². The molecule has 10 heteroatoms. The van der Waals surface area contributed by atoms with Gasteiger partial charge in [-0.3, -0.25) is 0 Å². The second-order valence-corrected chi connectivity index (χ2v) is 11.8. The van der Waals surface area contributed by atoms with E-state index < -0.39 is 0 Å². The summed E-state index contributed by atoms with van der Waals surface area (Å²) in [6, 6.07) is 12.1. The second kappa shape index (κ2) is 11.9. The molecule has 0 spiro atoms. The smallest absolute Gasteiger partial charge is 0.232 e. The van der Waals surface area contributed by atoms with E-state index in [-0.39, 0.29) is 5.41 Å². The fourth-order valence-electron chi connectivity index (χ4n) is 5.33. The van der Waals surface area contributed by atoms with E-state index in [0.717, 1.165) is 54.8 Å². The number of hydrogen-bond acceptors (Lipinski definition) is 7. The van der Waals surface area contributed by atoms with Crippen molar-refractivity contribution in [1.82, 2.24) is 25.3 Å². The molecule has 1 atom stereocenters. The average Bonchev–Trinajstić information content (AvgIpc) is 3.39. The first-order valence-corrected chi connectivity index (χ1v) is 14.5. The Hall–Kier alpha value is -2.49. The number of nitrogens with one attached hydrogen (secondary N) is 2. The molecule has 3 heterocycles. The first-order chi connectivity index (χ1) is 18.0. The van der Waals surface area contributed by atoms with E-state index >= 15 is 0 Å². The van der Waals surface area contributed by atoms with E-state index in [0.29, 0.717) is 22.1 Å². The minimum atomic E-state index is 0.0502. The average molecular weight is 554 g/mol. The molecule has 0 unspecified atom stereocenters. The van der Waals surface area contributed by atoms with Crippen molar-refractivity contribution in [2.24, 2.45) is 5.92 Å². The molecule has 1 saturated heterocycles. The molecule has 1 saturated carbocycles. The predicted octanol–water partition coefficient (Wildman–Crippen LogP) is 6.11. The molecule has 1 aromatic carbocycles. The number of hydrogen-bond donors (Lipinski definition) is 2. The van der Waals surface area contributed by atoms with Crippen LogP contribution in [-0.2, 0) is 5.41 Å². The molecule has 1 aliphatic carbocycles. The van der Waals surface area contributed by atoms with E-state index in [1.807, 2.05) is 24.3 Å². The quantitative estimate of drug-likeness (QED) is 0.205. The molecular formula is C27H32ClN7S2. The Bertz CT molecular complexity index is 1200. The molecule has 1 aliphatic heterocycles. The molecule has 2 fully saturated rings. The zero-order chi connectivity index (χ0) is 25.7.